The molecular formula is C18H22O2. The van der Waals surface area contributed by atoms with Crippen molar-refractivity contribution in [1.82, 2.24) is 0 Å². The second kappa shape index (κ2) is 6.10. The summed E-state index contributed by atoms with van der Waals surface area (Å²) < 4.78 is 5.63. The first-order valence-electron chi connectivity index (χ1n) is 7.01. The second-order valence-electron chi connectivity index (χ2n) is 5.22. The Bertz CT molecular complexity index is 602. The molecule has 0 heterocycles. The summed E-state index contributed by atoms with van der Waals surface area (Å²) in [5.74, 6) is 0.754. The molecule has 2 heteroatoms. The molecule has 106 valence electrons. The Morgan fingerprint density at radius 2 is 1.75 bits per heavy atom. The summed E-state index contributed by atoms with van der Waals surface area (Å²) in [6, 6.07) is 12.0. The van der Waals surface area contributed by atoms with Gasteiger partial charge < -0.3 is 9.84 Å². The monoisotopic (exact) mass is 270 g/mol. The zero-order chi connectivity index (χ0) is 14.7. The molecule has 1 unspecified atom stereocenters. The molecule has 0 bridgehead atoms. The van der Waals surface area contributed by atoms with Crippen LogP contribution in [0.15, 0.2) is 36.4 Å². The molecule has 0 saturated heterocycles. The number of hydrogen-bond donors (Lipinski definition) is 1. The number of ether oxygens (including phenoxy) is 1. The van der Waals surface area contributed by atoms with Gasteiger partial charge in [-0.2, -0.15) is 0 Å². The molecule has 0 aliphatic carbocycles. The van der Waals surface area contributed by atoms with Gasteiger partial charge in [-0.25, -0.2) is 0 Å². The number of hydrogen-bond acceptors (Lipinski definition) is 2. The van der Waals surface area contributed by atoms with E-state index in [9.17, 15) is 5.11 Å². The maximum Gasteiger partial charge on any atom is 0.125 e. The number of rotatable bonds is 4. The molecule has 2 aromatic rings. The van der Waals surface area contributed by atoms with Crippen LogP contribution in [0.5, 0.6) is 5.75 Å². The van der Waals surface area contributed by atoms with Gasteiger partial charge >= 0.3 is 0 Å². The Balaban J connectivity index is 2.43. The van der Waals surface area contributed by atoms with Crippen molar-refractivity contribution < 1.29 is 9.84 Å². The van der Waals surface area contributed by atoms with Crippen LogP contribution in [0.3, 0.4) is 0 Å². The van der Waals surface area contributed by atoms with Gasteiger partial charge in [0.2, 0.25) is 0 Å². The first-order valence-corrected chi connectivity index (χ1v) is 7.01. The van der Waals surface area contributed by atoms with Crippen LogP contribution >= 0.6 is 0 Å². The van der Waals surface area contributed by atoms with Crippen molar-refractivity contribution in [3.63, 3.8) is 0 Å². The van der Waals surface area contributed by atoms with Crippen LogP contribution in [0.25, 0.3) is 0 Å². The van der Waals surface area contributed by atoms with Crippen LogP contribution in [-0.4, -0.2) is 11.7 Å². The predicted octanol–water partition coefficient (Wildman–Crippen LogP) is 4.09. The van der Waals surface area contributed by atoms with Crippen LogP contribution in [0.4, 0.5) is 0 Å². The molecule has 0 fully saturated rings. The number of benzene rings is 2. The van der Waals surface area contributed by atoms with Gasteiger partial charge in [-0.15, -0.1) is 0 Å². The molecule has 2 aromatic carbocycles. The van der Waals surface area contributed by atoms with Crippen LogP contribution < -0.4 is 4.74 Å². The van der Waals surface area contributed by atoms with Crippen molar-refractivity contribution in [3.05, 3.63) is 64.2 Å². The zero-order valence-electron chi connectivity index (χ0n) is 12.6. The first kappa shape index (κ1) is 14.6. The predicted molar refractivity (Wildman–Crippen MR) is 82.3 cm³/mol. The van der Waals surface area contributed by atoms with Crippen LogP contribution in [-0.2, 0) is 0 Å². The first-order chi connectivity index (χ1) is 9.52. The van der Waals surface area contributed by atoms with Crippen molar-refractivity contribution in [2.24, 2.45) is 0 Å². The third-order valence-electron chi connectivity index (χ3n) is 3.61. The van der Waals surface area contributed by atoms with Gasteiger partial charge in [0.05, 0.1) is 6.61 Å². The van der Waals surface area contributed by atoms with Gasteiger partial charge in [-0.1, -0.05) is 29.8 Å². The van der Waals surface area contributed by atoms with Gasteiger partial charge in [0.25, 0.3) is 0 Å². The standard InChI is InChI=1S/C18H22O2/c1-5-20-17-9-6-12(2)10-16(17)18(19)15-8-7-13(3)14(4)11-15/h6-11,18-19H,5H2,1-4H3. The summed E-state index contributed by atoms with van der Waals surface area (Å²) in [5.41, 5.74) is 5.27. The second-order valence-corrected chi connectivity index (χ2v) is 5.22. The molecule has 1 atom stereocenters. The van der Waals surface area contributed by atoms with Crippen LogP contribution in [0.1, 0.15) is 40.8 Å². The van der Waals surface area contributed by atoms with E-state index in [-0.39, 0.29) is 0 Å². The normalized spacial score (nSPS) is 12.2. The third kappa shape index (κ3) is 3.02. The molecule has 0 radical (unpaired) electrons. The third-order valence-corrected chi connectivity index (χ3v) is 3.61. The fourth-order valence-corrected chi connectivity index (χ4v) is 2.28. The molecule has 0 aromatic heterocycles. The highest BCUT2D eigenvalue weighted by Gasteiger charge is 2.16. The van der Waals surface area contributed by atoms with Crippen LogP contribution in [0.2, 0.25) is 0 Å². The van der Waals surface area contributed by atoms with E-state index in [1.165, 1.54) is 11.1 Å². The summed E-state index contributed by atoms with van der Waals surface area (Å²) in [7, 11) is 0. The smallest absolute Gasteiger partial charge is 0.125 e. The fourth-order valence-electron chi connectivity index (χ4n) is 2.28. The van der Waals surface area contributed by atoms with Gasteiger partial charge in [0.1, 0.15) is 11.9 Å². The van der Waals surface area contributed by atoms with E-state index >= 15 is 0 Å². The van der Waals surface area contributed by atoms with Gasteiger partial charge in [0, 0.05) is 5.56 Å². The minimum atomic E-state index is -0.657. The molecule has 0 saturated carbocycles. The maximum absolute atomic E-state index is 10.7. The zero-order valence-corrected chi connectivity index (χ0v) is 12.6. The molecule has 0 aliphatic rings. The van der Waals surface area contributed by atoms with Crippen molar-refractivity contribution in [3.8, 4) is 5.75 Å². The average Bonchev–Trinajstić information content (AvgIpc) is 2.43. The maximum atomic E-state index is 10.7. The van der Waals surface area contributed by atoms with E-state index in [2.05, 4.69) is 13.8 Å². The highest BCUT2D eigenvalue weighted by atomic mass is 16.5. The molecule has 20 heavy (non-hydrogen) atoms. The largest absolute Gasteiger partial charge is 0.493 e. The minimum Gasteiger partial charge on any atom is -0.493 e. The summed E-state index contributed by atoms with van der Waals surface area (Å²) in [4.78, 5) is 0. The lowest BCUT2D eigenvalue weighted by Crippen LogP contribution is -2.05. The van der Waals surface area contributed by atoms with Crippen molar-refractivity contribution >= 4 is 0 Å². The Labute approximate surface area is 121 Å². The van der Waals surface area contributed by atoms with E-state index in [1.54, 1.807) is 0 Å². The average molecular weight is 270 g/mol. The molecule has 0 spiro atoms. The van der Waals surface area contributed by atoms with E-state index in [1.807, 2.05) is 50.2 Å². The molecule has 2 rings (SSSR count). The highest BCUT2D eigenvalue weighted by molar-refractivity contribution is 5.44. The van der Waals surface area contributed by atoms with Gasteiger partial charge in [-0.3, -0.25) is 0 Å². The molecule has 1 N–H and O–H groups in total. The Kier molecular flexibility index (Phi) is 4.46. The quantitative estimate of drug-likeness (QED) is 0.906. The summed E-state index contributed by atoms with van der Waals surface area (Å²) in [6.07, 6.45) is -0.657. The molecular weight excluding hydrogens is 248 g/mol. The Hall–Kier alpha value is -1.80. The highest BCUT2D eigenvalue weighted by Crippen LogP contribution is 2.31. The Morgan fingerprint density at radius 3 is 2.40 bits per heavy atom. The lowest BCUT2D eigenvalue weighted by molar-refractivity contribution is 0.212. The van der Waals surface area contributed by atoms with E-state index < -0.39 is 6.10 Å². The van der Waals surface area contributed by atoms with Crippen molar-refractivity contribution in [1.29, 1.82) is 0 Å². The molecule has 2 nitrogen and oxygen atoms in total. The summed E-state index contributed by atoms with van der Waals surface area (Å²) in [5, 5.41) is 10.7. The van der Waals surface area contributed by atoms with Crippen molar-refractivity contribution in [2.75, 3.05) is 6.61 Å². The topological polar surface area (TPSA) is 29.5 Å². The molecule has 0 aliphatic heterocycles. The van der Waals surface area contributed by atoms with Crippen LogP contribution in [0, 0.1) is 20.8 Å². The van der Waals surface area contributed by atoms with E-state index in [0.717, 1.165) is 22.4 Å². The van der Waals surface area contributed by atoms with Gasteiger partial charge in [-0.05, 0) is 56.5 Å². The SMILES string of the molecule is CCOc1ccc(C)cc1C(O)c1ccc(C)c(C)c1. The summed E-state index contributed by atoms with van der Waals surface area (Å²) in [6.45, 7) is 8.70. The lowest BCUT2D eigenvalue weighted by Gasteiger charge is -2.17. The number of aryl methyl sites for hydroxylation is 3. The fraction of sp³-hybridized carbons (Fsp3) is 0.333. The number of aliphatic hydroxyl groups is 1. The van der Waals surface area contributed by atoms with Gasteiger partial charge in [0.15, 0.2) is 0 Å². The summed E-state index contributed by atoms with van der Waals surface area (Å²) >= 11 is 0. The molecule has 0 amide bonds. The van der Waals surface area contributed by atoms with E-state index in [4.69, 9.17) is 4.74 Å². The lowest BCUT2D eigenvalue weighted by atomic mass is 9.96. The van der Waals surface area contributed by atoms with E-state index in [0.29, 0.717) is 6.61 Å². The Morgan fingerprint density at radius 1 is 1.00 bits per heavy atom. The number of aliphatic hydroxyl groups excluding tert-OH is 1. The van der Waals surface area contributed by atoms with Crippen molar-refractivity contribution in [2.45, 2.75) is 33.8 Å². The minimum absolute atomic E-state index is 0.593.